The van der Waals surface area contributed by atoms with Crippen LogP contribution in [0.3, 0.4) is 0 Å². The fourth-order valence-corrected chi connectivity index (χ4v) is 1.74. The van der Waals surface area contributed by atoms with E-state index < -0.39 is 11.9 Å². The molecule has 0 aromatic carbocycles. The van der Waals surface area contributed by atoms with Gasteiger partial charge in [-0.25, -0.2) is 9.59 Å². The van der Waals surface area contributed by atoms with Gasteiger partial charge in [-0.3, -0.25) is 0 Å². The van der Waals surface area contributed by atoms with Crippen molar-refractivity contribution in [2.75, 3.05) is 19.7 Å². The lowest BCUT2D eigenvalue weighted by Gasteiger charge is -2.17. The van der Waals surface area contributed by atoms with Gasteiger partial charge in [0.2, 0.25) is 0 Å². The summed E-state index contributed by atoms with van der Waals surface area (Å²) in [6, 6.07) is 0. The second kappa shape index (κ2) is 7.06. The second-order valence-electron chi connectivity index (χ2n) is 4.02. The second-order valence-corrected chi connectivity index (χ2v) is 4.02. The number of piperidine rings is 1. The van der Waals surface area contributed by atoms with Crippen molar-refractivity contribution in [2.24, 2.45) is 0 Å². The van der Waals surface area contributed by atoms with E-state index in [1.54, 1.807) is 0 Å². The minimum atomic E-state index is -1.18. The van der Waals surface area contributed by atoms with Crippen LogP contribution < -0.4 is 5.32 Å². The lowest BCUT2D eigenvalue weighted by atomic mass is 9.99. The number of ether oxygens (including phenoxy) is 1. The molecule has 1 aliphatic rings. The maximum atomic E-state index is 11.7. The van der Waals surface area contributed by atoms with Crippen molar-refractivity contribution in [3.05, 3.63) is 11.1 Å². The predicted octanol–water partition coefficient (Wildman–Crippen LogP) is 1.09. The highest BCUT2D eigenvalue weighted by Crippen LogP contribution is 2.17. The predicted molar refractivity (Wildman–Crippen MR) is 62.6 cm³/mol. The number of carbonyl (C=O) groups excluding carboxylic acids is 1. The van der Waals surface area contributed by atoms with Crippen LogP contribution in [0.4, 0.5) is 0 Å². The molecular weight excluding hydrogens is 222 g/mol. The molecule has 0 bridgehead atoms. The average Bonchev–Trinajstić information content (AvgIpc) is 2.30. The molecule has 5 nitrogen and oxygen atoms in total. The summed E-state index contributed by atoms with van der Waals surface area (Å²) in [5.41, 5.74) is 0.528. The molecule has 1 aliphatic heterocycles. The van der Waals surface area contributed by atoms with E-state index in [1.165, 1.54) is 0 Å². The number of nitrogens with one attached hydrogen (secondary N) is 1. The van der Waals surface area contributed by atoms with Crippen LogP contribution >= 0.6 is 0 Å². The molecule has 0 radical (unpaired) electrons. The molecule has 17 heavy (non-hydrogen) atoms. The van der Waals surface area contributed by atoms with Crippen LogP contribution in [0, 0.1) is 0 Å². The van der Waals surface area contributed by atoms with Crippen LogP contribution in [0.2, 0.25) is 0 Å². The maximum Gasteiger partial charge on any atom is 0.345 e. The first-order chi connectivity index (χ1) is 8.16. The molecule has 1 heterocycles. The van der Waals surface area contributed by atoms with Gasteiger partial charge in [0.1, 0.15) is 5.57 Å². The summed E-state index contributed by atoms with van der Waals surface area (Å²) >= 11 is 0. The molecular formula is C12H19NO4. The first-order valence-electron chi connectivity index (χ1n) is 6.00. The molecule has 0 saturated carbocycles. The Bertz CT molecular complexity index is 314. The third-order valence-electron chi connectivity index (χ3n) is 2.71. The van der Waals surface area contributed by atoms with Gasteiger partial charge in [-0.2, -0.15) is 0 Å². The Hall–Kier alpha value is -1.36. The lowest BCUT2D eigenvalue weighted by Crippen LogP contribution is -2.27. The zero-order valence-electron chi connectivity index (χ0n) is 10.1. The number of rotatable bonds is 5. The minimum Gasteiger partial charge on any atom is -0.477 e. The number of carboxylic acids is 1. The van der Waals surface area contributed by atoms with Gasteiger partial charge in [-0.15, -0.1) is 0 Å². The highest BCUT2D eigenvalue weighted by atomic mass is 16.5. The largest absolute Gasteiger partial charge is 0.477 e. The minimum absolute atomic E-state index is 0.164. The summed E-state index contributed by atoms with van der Waals surface area (Å²) in [5.74, 6) is -1.87. The van der Waals surface area contributed by atoms with E-state index in [-0.39, 0.29) is 12.2 Å². The van der Waals surface area contributed by atoms with Crippen LogP contribution in [0.25, 0.3) is 0 Å². The topological polar surface area (TPSA) is 75.6 Å². The van der Waals surface area contributed by atoms with Gasteiger partial charge in [0.05, 0.1) is 6.61 Å². The lowest BCUT2D eigenvalue weighted by molar-refractivity contribution is -0.144. The van der Waals surface area contributed by atoms with Gasteiger partial charge in [0.25, 0.3) is 0 Å². The first-order valence-corrected chi connectivity index (χ1v) is 6.00. The number of hydrogen-bond acceptors (Lipinski definition) is 4. The molecule has 2 N–H and O–H groups in total. The van der Waals surface area contributed by atoms with E-state index in [2.05, 4.69) is 5.32 Å². The maximum absolute atomic E-state index is 11.7. The van der Waals surface area contributed by atoms with Crippen LogP contribution in [0.15, 0.2) is 11.1 Å². The Morgan fingerprint density at radius 2 is 2.00 bits per heavy atom. The number of unbranched alkanes of at least 4 members (excludes halogenated alkanes) is 1. The van der Waals surface area contributed by atoms with Crippen molar-refractivity contribution in [2.45, 2.75) is 32.6 Å². The normalized spacial score (nSPS) is 15.5. The van der Waals surface area contributed by atoms with Gasteiger partial charge in [0.15, 0.2) is 0 Å². The van der Waals surface area contributed by atoms with E-state index in [4.69, 9.17) is 9.84 Å². The van der Waals surface area contributed by atoms with Crippen LogP contribution in [-0.4, -0.2) is 36.7 Å². The molecule has 0 aromatic heterocycles. The summed E-state index contributed by atoms with van der Waals surface area (Å²) in [5, 5.41) is 12.2. The van der Waals surface area contributed by atoms with Gasteiger partial charge >= 0.3 is 11.9 Å². The van der Waals surface area contributed by atoms with Gasteiger partial charge in [-0.05, 0) is 37.9 Å². The highest BCUT2D eigenvalue weighted by Gasteiger charge is 2.24. The molecule has 0 aromatic rings. The van der Waals surface area contributed by atoms with Crippen LogP contribution in [-0.2, 0) is 14.3 Å². The quantitative estimate of drug-likeness (QED) is 0.248. The number of carbonyl (C=O) groups is 2. The monoisotopic (exact) mass is 241 g/mol. The Morgan fingerprint density at radius 1 is 1.35 bits per heavy atom. The van der Waals surface area contributed by atoms with Crippen molar-refractivity contribution in [3.63, 3.8) is 0 Å². The molecule has 1 rings (SSSR count). The number of hydrogen-bond donors (Lipinski definition) is 2. The standard InChI is InChI=1S/C12H19NO4/c1-2-3-8-17-12(16)10(11(14)15)9-4-6-13-7-5-9/h13H,2-8H2,1H3,(H,14,15). The van der Waals surface area contributed by atoms with Crippen molar-refractivity contribution >= 4 is 11.9 Å². The molecule has 1 saturated heterocycles. The van der Waals surface area contributed by atoms with E-state index in [0.717, 1.165) is 12.8 Å². The summed E-state index contributed by atoms with van der Waals surface area (Å²) < 4.78 is 4.96. The highest BCUT2D eigenvalue weighted by molar-refractivity contribution is 6.14. The Balaban J connectivity index is 2.70. The van der Waals surface area contributed by atoms with E-state index >= 15 is 0 Å². The zero-order chi connectivity index (χ0) is 12.7. The molecule has 1 fully saturated rings. The van der Waals surface area contributed by atoms with E-state index in [0.29, 0.717) is 31.5 Å². The molecule has 5 heteroatoms. The molecule has 0 aliphatic carbocycles. The van der Waals surface area contributed by atoms with E-state index in [9.17, 15) is 9.59 Å². The Morgan fingerprint density at radius 3 is 2.53 bits per heavy atom. The SMILES string of the molecule is CCCCOC(=O)C(C(=O)O)=C1CCNCC1. The third kappa shape index (κ3) is 4.19. The van der Waals surface area contributed by atoms with Crippen molar-refractivity contribution < 1.29 is 19.4 Å². The summed E-state index contributed by atoms with van der Waals surface area (Å²) in [6.07, 6.45) is 2.88. The van der Waals surface area contributed by atoms with Gasteiger partial charge < -0.3 is 15.2 Å². The van der Waals surface area contributed by atoms with Crippen LogP contribution in [0.1, 0.15) is 32.6 Å². The summed E-state index contributed by atoms with van der Waals surface area (Å²) in [7, 11) is 0. The fourth-order valence-electron chi connectivity index (χ4n) is 1.74. The number of aliphatic carboxylic acids is 1. The van der Waals surface area contributed by atoms with Crippen molar-refractivity contribution in [3.8, 4) is 0 Å². The number of carboxylic acid groups (broad SMARTS) is 1. The van der Waals surface area contributed by atoms with Crippen molar-refractivity contribution in [1.82, 2.24) is 5.32 Å². The summed E-state index contributed by atoms with van der Waals surface area (Å²) in [6.45, 7) is 3.71. The Labute approximate surface area is 101 Å². The fraction of sp³-hybridized carbons (Fsp3) is 0.667. The zero-order valence-corrected chi connectivity index (χ0v) is 10.1. The van der Waals surface area contributed by atoms with Gasteiger partial charge in [-0.1, -0.05) is 13.3 Å². The third-order valence-corrected chi connectivity index (χ3v) is 2.71. The molecule has 0 amide bonds. The molecule has 0 spiro atoms. The molecule has 0 unspecified atom stereocenters. The first kappa shape index (κ1) is 13.7. The molecule has 96 valence electrons. The average molecular weight is 241 g/mol. The number of esters is 1. The smallest absolute Gasteiger partial charge is 0.345 e. The molecule has 0 atom stereocenters. The Kier molecular flexibility index (Phi) is 5.69. The van der Waals surface area contributed by atoms with Crippen LogP contribution in [0.5, 0.6) is 0 Å². The van der Waals surface area contributed by atoms with Crippen molar-refractivity contribution in [1.29, 1.82) is 0 Å². The van der Waals surface area contributed by atoms with Gasteiger partial charge in [0, 0.05) is 0 Å². The van der Waals surface area contributed by atoms with E-state index in [1.807, 2.05) is 6.92 Å². The summed E-state index contributed by atoms with van der Waals surface area (Å²) in [4.78, 5) is 22.8.